The molecule has 0 radical (unpaired) electrons. The normalized spacial score (nSPS) is 35.5. The SMILES string of the molecule is CCN(CC)S12(N(CC)CC)(N(CC)[C@H](C)C[C@H](C)N1CC)N(CC)[C@H](C)C[C@H](C)N2CC. The highest BCUT2D eigenvalue weighted by Gasteiger charge is 2.83. The molecule has 0 aromatic carbocycles. The van der Waals surface area contributed by atoms with Crippen molar-refractivity contribution in [1.82, 2.24) is 25.8 Å². The Kier molecular flexibility index (Phi) is 9.10. The van der Waals surface area contributed by atoms with Crippen LogP contribution in [0.3, 0.4) is 0 Å². The predicted molar refractivity (Wildman–Crippen MR) is 150 cm³/mol. The first-order valence-corrected chi connectivity index (χ1v) is 16.4. The van der Waals surface area contributed by atoms with Gasteiger partial charge in [-0.05, 0) is 49.9 Å². The summed E-state index contributed by atoms with van der Waals surface area (Å²) in [5.41, 5.74) is 0. The maximum atomic E-state index is 3.06. The van der Waals surface area contributed by atoms with Gasteiger partial charge >= 0.3 is 0 Å². The van der Waals surface area contributed by atoms with Crippen molar-refractivity contribution >= 4 is 9.41 Å². The summed E-state index contributed by atoms with van der Waals surface area (Å²) in [7, 11) is -3.74. The van der Waals surface area contributed by atoms with Gasteiger partial charge in [-0.25, -0.2) is 25.8 Å². The molecule has 4 atom stereocenters. The Balaban J connectivity index is 3.47. The molecule has 2 aliphatic rings. The Bertz CT molecular complexity index is 549. The quantitative estimate of drug-likeness (QED) is 0.391. The summed E-state index contributed by atoms with van der Waals surface area (Å²) in [4.78, 5) is 0. The summed E-state index contributed by atoms with van der Waals surface area (Å²) in [6.45, 7) is 38.0. The third kappa shape index (κ3) is 2.90. The van der Waals surface area contributed by atoms with Crippen molar-refractivity contribution in [2.45, 2.75) is 120 Å². The molecule has 0 aromatic heterocycles. The van der Waals surface area contributed by atoms with Gasteiger partial charge in [0.05, 0.1) is 0 Å². The van der Waals surface area contributed by atoms with E-state index in [1.165, 1.54) is 12.8 Å². The third-order valence-electron chi connectivity index (χ3n) is 9.24. The van der Waals surface area contributed by atoms with Crippen LogP contribution < -0.4 is 0 Å². The van der Waals surface area contributed by atoms with Gasteiger partial charge in [-0.15, -0.1) is 0 Å². The molecule has 200 valence electrons. The summed E-state index contributed by atoms with van der Waals surface area (Å²) >= 11 is 0. The standard InChI is InChI=1S/C26H60N6S/c1-13-27(14-2)33(28(15-3)16-4,29(17-5)23(9)21-24(10)30(33)18-6)31(19-7)25(11)22-26(12)32(33)20-8/h23-26H,13-22H2,1-12H3/t23-,24+,25-,26+. The second-order valence-electron chi connectivity index (χ2n) is 10.3. The van der Waals surface area contributed by atoms with Gasteiger partial charge in [-0.1, -0.05) is 55.4 Å². The molecule has 0 amide bonds. The molecule has 0 aromatic rings. The van der Waals surface area contributed by atoms with E-state index in [-0.39, 0.29) is 0 Å². The summed E-state index contributed by atoms with van der Waals surface area (Å²) in [5, 5.41) is 0. The van der Waals surface area contributed by atoms with E-state index < -0.39 is 9.41 Å². The fourth-order valence-corrected chi connectivity index (χ4v) is 21.7. The minimum absolute atomic E-state index is 0.510. The van der Waals surface area contributed by atoms with Crippen LogP contribution in [0.5, 0.6) is 0 Å². The van der Waals surface area contributed by atoms with Crippen LogP contribution in [0, 0.1) is 0 Å². The average molecular weight is 489 g/mol. The van der Waals surface area contributed by atoms with E-state index in [1.54, 1.807) is 0 Å². The zero-order valence-corrected chi connectivity index (χ0v) is 25.3. The second-order valence-corrected chi connectivity index (χ2v) is 15.6. The Labute approximate surface area is 207 Å². The molecule has 6 nitrogen and oxygen atoms in total. The monoisotopic (exact) mass is 488 g/mol. The zero-order chi connectivity index (χ0) is 25.3. The zero-order valence-electron chi connectivity index (χ0n) is 24.5. The van der Waals surface area contributed by atoms with Gasteiger partial charge in [0.1, 0.15) is 0 Å². The Morgan fingerprint density at radius 3 is 0.848 bits per heavy atom. The number of rotatable bonds is 10. The molecule has 0 aliphatic carbocycles. The third-order valence-corrected chi connectivity index (χ3v) is 19.3. The minimum Gasteiger partial charge on any atom is -0.230 e. The van der Waals surface area contributed by atoms with Gasteiger partial charge in [-0.3, -0.25) is 0 Å². The van der Waals surface area contributed by atoms with Gasteiger partial charge in [0.2, 0.25) is 0 Å². The van der Waals surface area contributed by atoms with E-state index in [1.807, 2.05) is 0 Å². The van der Waals surface area contributed by atoms with E-state index in [9.17, 15) is 0 Å². The molecule has 2 rings (SSSR count). The molecule has 1 spiro atoms. The van der Waals surface area contributed by atoms with E-state index >= 15 is 0 Å². The fourth-order valence-electron chi connectivity index (χ4n) is 9.23. The van der Waals surface area contributed by atoms with Crippen molar-refractivity contribution in [1.29, 1.82) is 0 Å². The van der Waals surface area contributed by atoms with Crippen molar-refractivity contribution in [2.75, 3.05) is 52.4 Å². The largest absolute Gasteiger partial charge is 0.230 e. The number of nitrogens with zero attached hydrogens (tertiary/aromatic N) is 6. The van der Waals surface area contributed by atoms with Gasteiger partial charge in [0.15, 0.2) is 0 Å². The van der Waals surface area contributed by atoms with Crippen molar-refractivity contribution in [3.05, 3.63) is 0 Å². The molecule has 2 heterocycles. The van der Waals surface area contributed by atoms with Crippen molar-refractivity contribution in [3.63, 3.8) is 0 Å². The molecule has 2 fully saturated rings. The van der Waals surface area contributed by atoms with Crippen LogP contribution in [0.25, 0.3) is 0 Å². The van der Waals surface area contributed by atoms with Crippen molar-refractivity contribution < 1.29 is 0 Å². The van der Waals surface area contributed by atoms with E-state index in [2.05, 4.69) is 109 Å². The summed E-state index contributed by atoms with van der Waals surface area (Å²) in [6.07, 6.45) is 2.45. The van der Waals surface area contributed by atoms with Gasteiger partial charge < -0.3 is 0 Å². The lowest BCUT2D eigenvalue weighted by Crippen LogP contribution is -2.93. The Morgan fingerprint density at radius 1 is 0.485 bits per heavy atom. The van der Waals surface area contributed by atoms with Crippen LogP contribution >= 0.6 is 9.41 Å². The first-order valence-electron chi connectivity index (χ1n) is 14.3. The highest BCUT2D eigenvalue weighted by Crippen LogP contribution is 3.02. The topological polar surface area (TPSA) is 19.4 Å². The number of hydrogen-bond acceptors (Lipinski definition) is 6. The summed E-state index contributed by atoms with van der Waals surface area (Å²) in [6, 6.07) is 2.04. The first kappa shape index (κ1) is 29.3. The number of hydrogen-bond donors (Lipinski definition) is 0. The lowest BCUT2D eigenvalue weighted by atomic mass is 10.1. The molecule has 2 saturated heterocycles. The van der Waals surface area contributed by atoms with Crippen molar-refractivity contribution in [2.24, 2.45) is 0 Å². The van der Waals surface area contributed by atoms with Crippen LogP contribution in [0.1, 0.15) is 95.9 Å². The van der Waals surface area contributed by atoms with Crippen LogP contribution in [-0.2, 0) is 0 Å². The Hall–Kier alpha value is 0.110. The molecular weight excluding hydrogens is 428 g/mol. The van der Waals surface area contributed by atoms with Gasteiger partial charge in [0, 0.05) is 76.5 Å². The van der Waals surface area contributed by atoms with Gasteiger partial charge in [-0.2, -0.15) is 0 Å². The molecule has 7 heteroatoms. The smallest absolute Gasteiger partial charge is 0.0214 e. The molecule has 0 N–H and O–H groups in total. The molecule has 0 saturated carbocycles. The van der Waals surface area contributed by atoms with E-state index in [0.29, 0.717) is 24.2 Å². The highest BCUT2D eigenvalue weighted by molar-refractivity contribution is 8.54. The Morgan fingerprint density at radius 2 is 0.697 bits per heavy atom. The summed E-state index contributed by atoms with van der Waals surface area (Å²) < 4.78 is 18.2. The van der Waals surface area contributed by atoms with Crippen LogP contribution in [-0.4, -0.2) is 102 Å². The summed E-state index contributed by atoms with van der Waals surface area (Å²) in [5.74, 6) is 0. The maximum absolute atomic E-state index is 3.74. The molecule has 0 bridgehead atoms. The lowest BCUT2D eigenvalue weighted by molar-refractivity contribution is 0.0203. The fraction of sp³-hybridized carbons (Fsp3) is 1.00. The van der Waals surface area contributed by atoms with Crippen LogP contribution in [0.15, 0.2) is 0 Å². The first-order chi connectivity index (χ1) is 15.6. The minimum atomic E-state index is -3.74. The predicted octanol–water partition coefficient (Wildman–Crippen LogP) is 5.69. The van der Waals surface area contributed by atoms with E-state index in [4.69, 9.17) is 0 Å². The molecule has 33 heavy (non-hydrogen) atoms. The molecule has 0 unspecified atom stereocenters. The average Bonchev–Trinajstić information content (AvgIpc) is 2.75. The maximum Gasteiger partial charge on any atom is 0.0214 e. The molecular formula is C26H60N6S. The van der Waals surface area contributed by atoms with Gasteiger partial charge in [0.25, 0.3) is 0 Å². The highest BCUT2D eigenvalue weighted by atomic mass is 32.4. The lowest BCUT2D eigenvalue weighted by Gasteiger charge is -3.04. The second kappa shape index (κ2) is 10.2. The van der Waals surface area contributed by atoms with Crippen LogP contribution in [0.4, 0.5) is 0 Å². The van der Waals surface area contributed by atoms with E-state index in [0.717, 1.165) is 52.4 Å². The van der Waals surface area contributed by atoms with Crippen molar-refractivity contribution in [3.8, 4) is 0 Å². The molecule has 2 aliphatic heterocycles. The van der Waals surface area contributed by atoms with Crippen LogP contribution in [0.2, 0.25) is 0 Å².